The molecular formula is C33H27NO6. The summed E-state index contributed by atoms with van der Waals surface area (Å²) < 4.78 is 17.2. The van der Waals surface area contributed by atoms with Gasteiger partial charge in [-0.2, -0.15) is 0 Å². The van der Waals surface area contributed by atoms with Gasteiger partial charge in [-0.3, -0.25) is 9.59 Å². The lowest BCUT2D eigenvalue weighted by Gasteiger charge is -2.26. The van der Waals surface area contributed by atoms with E-state index in [1.807, 2.05) is 84.9 Å². The average Bonchev–Trinajstić information content (AvgIpc) is 3.25. The fourth-order valence-corrected chi connectivity index (χ4v) is 5.00. The van der Waals surface area contributed by atoms with Crippen molar-refractivity contribution in [3.8, 4) is 17.2 Å². The first-order chi connectivity index (χ1) is 19.6. The molecular weight excluding hydrogens is 506 g/mol. The van der Waals surface area contributed by atoms with Gasteiger partial charge in [-0.05, 0) is 47.0 Å². The first-order valence-corrected chi connectivity index (χ1v) is 13.1. The number of benzene rings is 4. The number of ether oxygens (including phenoxy) is 3. The number of fused-ring (bicyclic) bond motifs is 1. The van der Waals surface area contributed by atoms with E-state index >= 15 is 0 Å². The van der Waals surface area contributed by atoms with E-state index in [0.29, 0.717) is 48.2 Å². The fourth-order valence-electron chi connectivity index (χ4n) is 5.00. The standard InChI is InChI=1S/C33H27NO6/c35-31(25-13-16-27-28(19-25)39-18-17-38-27)29-30(34(33(37)32(29)36)20-22-7-3-1-4-8-22)24-11-14-26(15-12-24)40-21-23-9-5-2-6-10-23/h1-16,19,30,35H,17-18,20-21H2/t30-/m0/s1. The van der Waals surface area contributed by atoms with Gasteiger partial charge < -0.3 is 24.2 Å². The summed E-state index contributed by atoms with van der Waals surface area (Å²) >= 11 is 0. The van der Waals surface area contributed by atoms with E-state index in [1.165, 1.54) is 4.90 Å². The predicted molar refractivity (Wildman–Crippen MR) is 149 cm³/mol. The van der Waals surface area contributed by atoms with E-state index in [9.17, 15) is 14.7 Å². The summed E-state index contributed by atoms with van der Waals surface area (Å²) in [5, 5.41) is 11.4. The van der Waals surface area contributed by atoms with Gasteiger partial charge in [0.2, 0.25) is 0 Å². The number of amides is 1. The monoisotopic (exact) mass is 533 g/mol. The lowest BCUT2D eigenvalue weighted by molar-refractivity contribution is -0.140. The fraction of sp³-hybridized carbons (Fsp3) is 0.152. The van der Waals surface area contributed by atoms with Crippen LogP contribution in [0.3, 0.4) is 0 Å². The topological polar surface area (TPSA) is 85.3 Å². The van der Waals surface area contributed by atoms with Gasteiger partial charge in [0.05, 0.1) is 11.6 Å². The van der Waals surface area contributed by atoms with Crippen molar-refractivity contribution in [2.45, 2.75) is 19.2 Å². The molecule has 0 bridgehead atoms. The number of carbonyl (C=O) groups excluding carboxylic acids is 2. The average molecular weight is 534 g/mol. The Kier molecular flexibility index (Phi) is 6.93. The van der Waals surface area contributed by atoms with Gasteiger partial charge in [-0.25, -0.2) is 0 Å². The van der Waals surface area contributed by atoms with Crippen LogP contribution in [0.15, 0.2) is 109 Å². The number of Topliss-reactive ketones (excluding diaryl/α,β-unsaturated/α-hetero) is 1. The number of nitrogens with zero attached hydrogens (tertiary/aromatic N) is 1. The molecule has 1 N–H and O–H groups in total. The number of aliphatic hydroxyl groups excluding tert-OH is 1. The highest BCUT2D eigenvalue weighted by atomic mass is 16.6. The Morgan fingerprint density at radius 3 is 2.15 bits per heavy atom. The molecule has 6 rings (SSSR count). The van der Waals surface area contributed by atoms with Crippen molar-refractivity contribution in [1.29, 1.82) is 0 Å². The van der Waals surface area contributed by atoms with Crippen LogP contribution in [-0.2, 0) is 22.7 Å². The van der Waals surface area contributed by atoms with Crippen molar-refractivity contribution >= 4 is 17.4 Å². The van der Waals surface area contributed by atoms with Crippen LogP contribution in [0.5, 0.6) is 17.2 Å². The third-order valence-corrected chi connectivity index (χ3v) is 7.00. The van der Waals surface area contributed by atoms with Crippen LogP contribution in [0.4, 0.5) is 0 Å². The quantitative estimate of drug-likeness (QED) is 0.188. The predicted octanol–water partition coefficient (Wildman–Crippen LogP) is 5.66. The van der Waals surface area contributed by atoms with E-state index in [-0.39, 0.29) is 17.9 Å². The Morgan fingerprint density at radius 2 is 1.45 bits per heavy atom. The maximum atomic E-state index is 13.4. The van der Waals surface area contributed by atoms with Gasteiger partial charge >= 0.3 is 0 Å². The van der Waals surface area contributed by atoms with Crippen molar-refractivity contribution in [2.75, 3.05) is 13.2 Å². The van der Waals surface area contributed by atoms with Crippen molar-refractivity contribution < 1.29 is 28.9 Å². The van der Waals surface area contributed by atoms with Crippen LogP contribution in [-0.4, -0.2) is 34.9 Å². The molecule has 7 nitrogen and oxygen atoms in total. The van der Waals surface area contributed by atoms with Crippen molar-refractivity contribution in [1.82, 2.24) is 4.90 Å². The smallest absolute Gasteiger partial charge is 0.295 e. The van der Waals surface area contributed by atoms with Gasteiger partial charge in [0.1, 0.15) is 31.3 Å². The molecule has 1 amide bonds. The number of carbonyl (C=O) groups is 2. The van der Waals surface area contributed by atoms with Gasteiger partial charge in [0.15, 0.2) is 11.5 Å². The highest BCUT2D eigenvalue weighted by molar-refractivity contribution is 6.46. The number of hydrogen-bond acceptors (Lipinski definition) is 6. The summed E-state index contributed by atoms with van der Waals surface area (Å²) in [5.41, 5.74) is 2.99. The molecule has 0 aromatic heterocycles. The minimum absolute atomic E-state index is 0.0237. The second kappa shape index (κ2) is 11.0. The van der Waals surface area contributed by atoms with Crippen molar-refractivity contribution in [3.63, 3.8) is 0 Å². The first-order valence-electron chi connectivity index (χ1n) is 13.1. The Hall–Kier alpha value is -5.04. The van der Waals surface area contributed by atoms with Crippen LogP contribution >= 0.6 is 0 Å². The van der Waals surface area contributed by atoms with Crippen LogP contribution in [0.2, 0.25) is 0 Å². The molecule has 0 saturated carbocycles. The van der Waals surface area contributed by atoms with E-state index in [0.717, 1.165) is 11.1 Å². The molecule has 1 saturated heterocycles. The number of ketones is 1. The molecule has 0 aliphatic carbocycles. The molecule has 7 heteroatoms. The second-order valence-electron chi connectivity index (χ2n) is 9.61. The molecule has 200 valence electrons. The minimum atomic E-state index is -0.795. The van der Waals surface area contributed by atoms with E-state index in [1.54, 1.807) is 18.2 Å². The Balaban J connectivity index is 1.37. The lowest BCUT2D eigenvalue weighted by atomic mass is 9.95. The molecule has 1 atom stereocenters. The molecule has 4 aromatic carbocycles. The van der Waals surface area contributed by atoms with Gasteiger partial charge in [-0.1, -0.05) is 72.8 Å². The van der Waals surface area contributed by atoms with E-state index < -0.39 is 17.7 Å². The number of hydrogen-bond donors (Lipinski definition) is 1. The minimum Gasteiger partial charge on any atom is -0.507 e. The Labute approximate surface area is 231 Å². The number of likely N-dealkylation sites (tertiary alicyclic amines) is 1. The molecule has 0 spiro atoms. The van der Waals surface area contributed by atoms with E-state index in [2.05, 4.69) is 0 Å². The number of rotatable bonds is 7. The maximum absolute atomic E-state index is 13.4. The zero-order chi connectivity index (χ0) is 27.5. The number of aliphatic hydroxyl groups is 1. The first kappa shape index (κ1) is 25.2. The van der Waals surface area contributed by atoms with Crippen LogP contribution < -0.4 is 14.2 Å². The summed E-state index contributed by atoms with van der Waals surface area (Å²) in [6.07, 6.45) is 0. The molecule has 0 unspecified atom stereocenters. The molecule has 2 aliphatic heterocycles. The van der Waals surface area contributed by atoms with Gasteiger partial charge in [0.25, 0.3) is 11.7 Å². The third-order valence-electron chi connectivity index (χ3n) is 7.00. The second-order valence-corrected chi connectivity index (χ2v) is 9.61. The Bertz CT molecular complexity index is 1560. The van der Waals surface area contributed by atoms with Crippen LogP contribution in [0.25, 0.3) is 5.76 Å². The van der Waals surface area contributed by atoms with Crippen LogP contribution in [0.1, 0.15) is 28.3 Å². The molecule has 2 aliphatic rings. The zero-order valence-corrected chi connectivity index (χ0v) is 21.7. The highest BCUT2D eigenvalue weighted by Crippen LogP contribution is 2.42. The normalized spacial score (nSPS) is 17.6. The molecule has 2 heterocycles. The SMILES string of the molecule is O=C1C(=O)N(Cc2ccccc2)[C@@H](c2ccc(OCc3ccccc3)cc2)C1=C(O)c1ccc2c(c1)OCCO2. The van der Waals surface area contributed by atoms with Gasteiger partial charge in [0, 0.05) is 12.1 Å². The van der Waals surface area contributed by atoms with Crippen molar-refractivity contribution in [3.05, 3.63) is 131 Å². The molecule has 1 fully saturated rings. The lowest BCUT2D eigenvalue weighted by Crippen LogP contribution is -2.29. The van der Waals surface area contributed by atoms with Crippen LogP contribution in [0, 0.1) is 0 Å². The zero-order valence-electron chi connectivity index (χ0n) is 21.7. The molecule has 4 aromatic rings. The van der Waals surface area contributed by atoms with Gasteiger partial charge in [-0.15, -0.1) is 0 Å². The highest BCUT2D eigenvalue weighted by Gasteiger charge is 2.46. The summed E-state index contributed by atoms with van der Waals surface area (Å²) in [6, 6.07) is 30.8. The largest absolute Gasteiger partial charge is 0.507 e. The van der Waals surface area contributed by atoms with Crippen molar-refractivity contribution in [2.24, 2.45) is 0 Å². The maximum Gasteiger partial charge on any atom is 0.295 e. The third kappa shape index (κ3) is 5.01. The van der Waals surface area contributed by atoms with E-state index in [4.69, 9.17) is 14.2 Å². The summed E-state index contributed by atoms with van der Waals surface area (Å²) in [5.74, 6) is 0.0232. The summed E-state index contributed by atoms with van der Waals surface area (Å²) in [7, 11) is 0. The summed E-state index contributed by atoms with van der Waals surface area (Å²) in [6.45, 7) is 1.45. The Morgan fingerprint density at radius 1 is 0.800 bits per heavy atom. The summed E-state index contributed by atoms with van der Waals surface area (Å²) in [4.78, 5) is 28.3. The molecule has 0 radical (unpaired) electrons. The molecule has 40 heavy (non-hydrogen) atoms.